The molecule has 0 bridgehead atoms. The highest BCUT2D eigenvalue weighted by Gasteiger charge is 2.22. The van der Waals surface area contributed by atoms with Crippen molar-refractivity contribution in [2.45, 2.75) is 13.3 Å². The van der Waals surface area contributed by atoms with E-state index in [2.05, 4.69) is 21.0 Å². The fraction of sp³-hybridized carbons (Fsp3) is 0.875. The molecule has 0 aliphatic heterocycles. The smallest absolute Gasteiger partial charge is 0.296 e. The molecule has 0 aliphatic carbocycles. The van der Waals surface area contributed by atoms with Crippen LogP contribution in [0.5, 0.6) is 0 Å². The number of quaternary nitrogens is 1. The Hall–Kier alpha value is -0.570. The zero-order chi connectivity index (χ0) is 9.07. The zero-order valence-corrected chi connectivity index (χ0v) is 8.31. The highest BCUT2D eigenvalue weighted by atomic mass is 15.4. The van der Waals surface area contributed by atoms with E-state index in [1.807, 2.05) is 19.0 Å². The van der Waals surface area contributed by atoms with Gasteiger partial charge < -0.3 is 4.90 Å². The molecule has 0 spiro atoms. The molecule has 66 valence electrons. The van der Waals surface area contributed by atoms with Crippen molar-refractivity contribution in [3.8, 4) is 0 Å². The number of hydrogen-bond donors (Lipinski definition) is 1. The molecule has 0 heterocycles. The van der Waals surface area contributed by atoms with Crippen LogP contribution >= 0.6 is 0 Å². The summed E-state index contributed by atoms with van der Waals surface area (Å²) in [5.41, 5.74) is 0. The Balaban J connectivity index is 4.17. The standard InChI is InChI=1S/C8H20N3/c1-6-7-11(4,5)8(9)10(2)3/h9H,6-7H2,1-5H3/q+1. The molecule has 0 fully saturated rings. The van der Waals surface area contributed by atoms with Crippen LogP contribution in [0, 0.1) is 5.41 Å². The average Bonchev–Trinajstić information content (AvgIpc) is 1.86. The van der Waals surface area contributed by atoms with E-state index in [1.54, 1.807) is 0 Å². The van der Waals surface area contributed by atoms with Crippen molar-refractivity contribution < 1.29 is 4.48 Å². The van der Waals surface area contributed by atoms with Crippen molar-refractivity contribution >= 4 is 5.96 Å². The molecule has 0 unspecified atom stereocenters. The Kier molecular flexibility index (Phi) is 3.52. The molecule has 0 amide bonds. The van der Waals surface area contributed by atoms with Crippen LogP contribution in [-0.4, -0.2) is 50.1 Å². The maximum Gasteiger partial charge on any atom is 0.296 e. The van der Waals surface area contributed by atoms with Crippen molar-refractivity contribution in [1.29, 1.82) is 5.41 Å². The summed E-state index contributed by atoms with van der Waals surface area (Å²) in [6.45, 7) is 3.17. The van der Waals surface area contributed by atoms with E-state index in [-0.39, 0.29) is 0 Å². The molecule has 0 aromatic rings. The molecule has 3 heteroatoms. The Bertz CT molecular complexity index is 138. The van der Waals surface area contributed by atoms with Crippen LogP contribution < -0.4 is 0 Å². The summed E-state index contributed by atoms with van der Waals surface area (Å²) in [5.74, 6) is 0.659. The summed E-state index contributed by atoms with van der Waals surface area (Å²) in [6, 6.07) is 0. The third-order valence-electron chi connectivity index (χ3n) is 1.78. The van der Waals surface area contributed by atoms with Gasteiger partial charge in [-0.2, -0.15) is 0 Å². The highest BCUT2D eigenvalue weighted by molar-refractivity contribution is 5.68. The lowest BCUT2D eigenvalue weighted by molar-refractivity contribution is -0.805. The fourth-order valence-electron chi connectivity index (χ4n) is 1.21. The Morgan fingerprint density at radius 1 is 1.36 bits per heavy atom. The maximum atomic E-state index is 7.75. The maximum absolute atomic E-state index is 7.75. The molecular formula is C8H20N3+. The van der Waals surface area contributed by atoms with E-state index in [9.17, 15) is 0 Å². The summed E-state index contributed by atoms with van der Waals surface area (Å²) in [4.78, 5) is 1.86. The van der Waals surface area contributed by atoms with Gasteiger partial charge in [-0.05, 0) is 6.42 Å². The quantitative estimate of drug-likeness (QED) is 0.362. The van der Waals surface area contributed by atoms with Gasteiger partial charge in [0, 0.05) is 14.1 Å². The van der Waals surface area contributed by atoms with Crippen molar-refractivity contribution in [3.63, 3.8) is 0 Å². The van der Waals surface area contributed by atoms with E-state index in [0.717, 1.165) is 13.0 Å². The molecule has 0 aromatic heterocycles. The number of nitrogens with zero attached hydrogens (tertiary/aromatic N) is 2. The van der Waals surface area contributed by atoms with Gasteiger partial charge in [-0.1, -0.05) is 6.92 Å². The number of nitrogens with one attached hydrogen (secondary N) is 1. The first-order valence-electron chi connectivity index (χ1n) is 4.01. The zero-order valence-electron chi connectivity index (χ0n) is 8.31. The van der Waals surface area contributed by atoms with Crippen molar-refractivity contribution in [3.05, 3.63) is 0 Å². The van der Waals surface area contributed by atoms with Crippen LogP contribution in [-0.2, 0) is 0 Å². The number of guanidine groups is 1. The minimum absolute atomic E-state index is 0.659. The van der Waals surface area contributed by atoms with Crippen molar-refractivity contribution in [2.24, 2.45) is 0 Å². The van der Waals surface area contributed by atoms with Crippen LogP contribution in [0.15, 0.2) is 0 Å². The van der Waals surface area contributed by atoms with Gasteiger partial charge in [-0.25, -0.2) is 5.41 Å². The van der Waals surface area contributed by atoms with E-state index in [1.165, 1.54) is 0 Å². The summed E-state index contributed by atoms with van der Waals surface area (Å²) >= 11 is 0. The van der Waals surface area contributed by atoms with Gasteiger partial charge in [0.05, 0.1) is 20.6 Å². The van der Waals surface area contributed by atoms with Gasteiger partial charge in [0.2, 0.25) is 0 Å². The fourth-order valence-corrected chi connectivity index (χ4v) is 1.21. The molecule has 3 nitrogen and oxygen atoms in total. The molecule has 0 rings (SSSR count). The lowest BCUT2D eigenvalue weighted by Crippen LogP contribution is -2.51. The molecule has 0 saturated carbocycles. The lowest BCUT2D eigenvalue weighted by atomic mass is 10.4. The molecule has 1 N–H and O–H groups in total. The third kappa shape index (κ3) is 2.89. The van der Waals surface area contributed by atoms with Gasteiger partial charge in [0.25, 0.3) is 5.96 Å². The van der Waals surface area contributed by atoms with Crippen LogP contribution in [0.25, 0.3) is 0 Å². The van der Waals surface area contributed by atoms with Gasteiger partial charge in [-0.3, -0.25) is 4.48 Å². The largest absolute Gasteiger partial charge is 0.318 e. The van der Waals surface area contributed by atoms with Gasteiger partial charge in [-0.15, -0.1) is 0 Å². The molecule has 0 atom stereocenters. The first-order valence-corrected chi connectivity index (χ1v) is 4.01. The van der Waals surface area contributed by atoms with Crippen LogP contribution in [0.3, 0.4) is 0 Å². The summed E-state index contributed by atoms with van der Waals surface area (Å²) in [5, 5.41) is 7.75. The third-order valence-corrected chi connectivity index (χ3v) is 1.78. The Morgan fingerprint density at radius 2 is 1.82 bits per heavy atom. The summed E-state index contributed by atoms with van der Waals surface area (Å²) in [7, 11) is 7.95. The van der Waals surface area contributed by atoms with E-state index in [4.69, 9.17) is 5.41 Å². The Labute approximate surface area is 69.7 Å². The Morgan fingerprint density at radius 3 is 2.09 bits per heavy atom. The number of hydrogen-bond acceptors (Lipinski definition) is 1. The predicted molar refractivity (Wildman–Crippen MR) is 48.7 cm³/mol. The number of rotatable bonds is 2. The second kappa shape index (κ2) is 3.72. The van der Waals surface area contributed by atoms with Crippen molar-refractivity contribution in [2.75, 3.05) is 34.7 Å². The second-order valence-electron chi connectivity index (χ2n) is 3.63. The second-order valence-corrected chi connectivity index (χ2v) is 3.63. The SMILES string of the molecule is CCC[N+](C)(C)C(=N)N(C)C. The minimum atomic E-state index is 0.659. The molecule has 0 radical (unpaired) electrons. The molecule has 0 aliphatic rings. The van der Waals surface area contributed by atoms with Gasteiger partial charge in [0.15, 0.2) is 0 Å². The molecule has 11 heavy (non-hydrogen) atoms. The van der Waals surface area contributed by atoms with E-state index >= 15 is 0 Å². The molecule has 0 saturated heterocycles. The van der Waals surface area contributed by atoms with Gasteiger partial charge >= 0.3 is 0 Å². The van der Waals surface area contributed by atoms with E-state index in [0.29, 0.717) is 10.4 Å². The molecule has 0 aromatic carbocycles. The summed E-state index contributed by atoms with van der Waals surface area (Å²) in [6.07, 6.45) is 1.11. The first-order chi connectivity index (χ1) is 4.91. The van der Waals surface area contributed by atoms with E-state index < -0.39 is 0 Å². The van der Waals surface area contributed by atoms with Crippen LogP contribution in [0.1, 0.15) is 13.3 Å². The van der Waals surface area contributed by atoms with Crippen molar-refractivity contribution in [1.82, 2.24) is 4.90 Å². The monoisotopic (exact) mass is 158 g/mol. The molecular weight excluding hydrogens is 138 g/mol. The average molecular weight is 158 g/mol. The lowest BCUT2D eigenvalue weighted by Gasteiger charge is -2.31. The first kappa shape index (κ1) is 10.4. The minimum Gasteiger partial charge on any atom is -0.318 e. The van der Waals surface area contributed by atoms with Crippen LogP contribution in [0.2, 0.25) is 0 Å². The predicted octanol–water partition coefficient (Wildman–Crippen LogP) is 0.969. The topological polar surface area (TPSA) is 27.1 Å². The van der Waals surface area contributed by atoms with Crippen LogP contribution in [0.4, 0.5) is 0 Å². The van der Waals surface area contributed by atoms with Gasteiger partial charge in [0.1, 0.15) is 0 Å². The highest BCUT2D eigenvalue weighted by Crippen LogP contribution is 2.01. The normalized spacial score (nSPS) is 11.4. The summed E-state index contributed by atoms with van der Waals surface area (Å²) < 4.78 is 0.670.